The molecule has 1 aliphatic rings. The Kier molecular flexibility index (Phi) is 5.71. The van der Waals surface area contributed by atoms with E-state index in [-0.39, 0.29) is 0 Å². The summed E-state index contributed by atoms with van der Waals surface area (Å²) < 4.78 is 6.22. The van der Waals surface area contributed by atoms with Crippen molar-refractivity contribution >= 4 is 27.8 Å². The van der Waals surface area contributed by atoms with Gasteiger partial charge in [-0.05, 0) is 53.2 Å². The zero-order valence-electron chi connectivity index (χ0n) is 22.6. The van der Waals surface area contributed by atoms with E-state index in [4.69, 9.17) is 19.7 Å². The van der Waals surface area contributed by atoms with Crippen LogP contribution in [0.4, 0.5) is 17.1 Å². The normalized spacial score (nSPS) is 12.0. The third kappa shape index (κ3) is 4.25. The first-order valence-electron chi connectivity index (χ1n) is 13.9. The molecule has 7 aromatic rings. The number of anilines is 3. The topological polar surface area (TPSA) is 51.1 Å². The number of hydrogen-bond acceptors (Lipinski definition) is 5. The van der Waals surface area contributed by atoms with Crippen molar-refractivity contribution in [3.8, 4) is 45.7 Å². The first-order valence-corrected chi connectivity index (χ1v) is 13.9. The summed E-state index contributed by atoms with van der Waals surface area (Å²) in [6, 6.07) is 49.3. The molecule has 42 heavy (non-hydrogen) atoms. The molecule has 0 unspecified atom stereocenters. The highest BCUT2D eigenvalue weighted by Crippen LogP contribution is 2.50. The molecule has 0 amide bonds. The van der Waals surface area contributed by atoms with Crippen molar-refractivity contribution in [2.75, 3.05) is 4.90 Å². The summed E-state index contributed by atoms with van der Waals surface area (Å²) in [6.45, 7) is 0. The molecule has 0 bridgehead atoms. The highest BCUT2D eigenvalue weighted by Gasteiger charge is 2.25. The molecule has 1 aliphatic heterocycles. The molecule has 0 saturated heterocycles. The Hall–Kier alpha value is -5.81. The zero-order chi connectivity index (χ0) is 27.9. The molecule has 0 atom stereocenters. The van der Waals surface area contributed by atoms with E-state index < -0.39 is 0 Å². The third-order valence-corrected chi connectivity index (χ3v) is 7.47. The average molecular weight is 541 g/mol. The van der Waals surface area contributed by atoms with Gasteiger partial charge in [-0.3, -0.25) is 0 Å². The summed E-state index contributed by atoms with van der Waals surface area (Å²) in [6.07, 6.45) is 0. The Labute approximate surface area is 243 Å². The third-order valence-electron chi connectivity index (χ3n) is 7.47. The molecule has 5 nitrogen and oxygen atoms in total. The van der Waals surface area contributed by atoms with Crippen molar-refractivity contribution < 1.29 is 4.74 Å². The van der Waals surface area contributed by atoms with Crippen LogP contribution in [0.2, 0.25) is 0 Å². The molecular weight excluding hydrogens is 516 g/mol. The fourth-order valence-electron chi connectivity index (χ4n) is 5.43. The molecule has 2 heterocycles. The summed E-state index contributed by atoms with van der Waals surface area (Å²) in [5.74, 6) is 3.59. The van der Waals surface area contributed by atoms with Crippen LogP contribution in [0.3, 0.4) is 0 Å². The highest BCUT2D eigenvalue weighted by molar-refractivity contribution is 5.94. The van der Waals surface area contributed by atoms with Crippen molar-refractivity contribution in [1.29, 1.82) is 0 Å². The fraction of sp³-hybridized carbons (Fsp3) is 0. The van der Waals surface area contributed by atoms with Gasteiger partial charge in [0.2, 0.25) is 0 Å². The first-order chi connectivity index (χ1) is 20.8. The molecule has 0 spiro atoms. The van der Waals surface area contributed by atoms with Gasteiger partial charge in [-0.1, -0.05) is 103 Å². The summed E-state index contributed by atoms with van der Waals surface area (Å²) in [5.41, 5.74) is 5.89. The van der Waals surface area contributed by atoms with Gasteiger partial charge < -0.3 is 9.64 Å². The van der Waals surface area contributed by atoms with Crippen LogP contribution in [0.25, 0.3) is 44.9 Å². The van der Waals surface area contributed by atoms with Crippen molar-refractivity contribution in [3.63, 3.8) is 0 Å². The predicted octanol–water partition coefficient (Wildman–Crippen LogP) is 9.60. The van der Waals surface area contributed by atoms with Crippen LogP contribution >= 0.6 is 0 Å². The summed E-state index contributed by atoms with van der Waals surface area (Å²) in [5, 5.41) is 2.23. The number of rotatable bonds is 4. The maximum absolute atomic E-state index is 6.22. The van der Waals surface area contributed by atoms with Gasteiger partial charge in [0, 0.05) is 22.4 Å². The van der Waals surface area contributed by atoms with Gasteiger partial charge in [0.25, 0.3) is 0 Å². The molecule has 0 N–H and O–H groups in total. The zero-order valence-corrected chi connectivity index (χ0v) is 22.6. The smallest absolute Gasteiger partial charge is 0.164 e. The lowest BCUT2D eigenvalue weighted by molar-refractivity contribution is 0.477. The van der Waals surface area contributed by atoms with Crippen LogP contribution in [0, 0.1) is 0 Å². The maximum atomic E-state index is 6.22. The van der Waals surface area contributed by atoms with Gasteiger partial charge in [0.1, 0.15) is 0 Å². The molecule has 8 rings (SSSR count). The van der Waals surface area contributed by atoms with Gasteiger partial charge >= 0.3 is 0 Å². The van der Waals surface area contributed by atoms with Gasteiger partial charge in [-0.25, -0.2) is 15.0 Å². The Morgan fingerprint density at radius 1 is 0.405 bits per heavy atom. The Morgan fingerprint density at radius 2 is 0.905 bits per heavy atom. The van der Waals surface area contributed by atoms with E-state index in [9.17, 15) is 0 Å². The van der Waals surface area contributed by atoms with E-state index in [0.717, 1.165) is 56.0 Å². The Morgan fingerprint density at radius 3 is 1.50 bits per heavy atom. The van der Waals surface area contributed by atoms with E-state index in [1.807, 2.05) is 97.1 Å². The number of aromatic nitrogens is 3. The average Bonchev–Trinajstić information content (AvgIpc) is 3.07. The van der Waals surface area contributed by atoms with Crippen molar-refractivity contribution in [2.45, 2.75) is 0 Å². The maximum Gasteiger partial charge on any atom is 0.164 e. The van der Waals surface area contributed by atoms with Crippen LogP contribution in [-0.4, -0.2) is 15.0 Å². The standard InChI is InChI=1S/C37H24N4O/c1-3-11-26(12-4-1)35-38-36(27-13-5-2-6-14-27)40-37(39-35)28-20-19-25-21-22-30(24-29(25)23-28)41-31-15-7-9-17-33(31)42-34-18-10-8-16-32(34)41/h1-24H. The summed E-state index contributed by atoms with van der Waals surface area (Å²) >= 11 is 0. The number of hydrogen-bond donors (Lipinski definition) is 0. The van der Waals surface area contributed by atoms with E-state index >= 15 is 0 Å². The molecule has 0 fully saturated rings. The molecule has 1 aromatic heterocycles. The number of benzene rings is 6. The molecule has 0 radical (unpaired) electrons. The van der Waals surface area contributed by atoms with Crippen LogP contribution < -0.4 is 9.64 Å². The molecule has 0 aliphatic carbocycles. The van der Waals surface area contributed by atoms with E-state index in [1.165, 1.54) is 0 Å². The van der Waals surface area contributed by atoms with Crippen molar-refractivity contribution in [3.05, 3.63) is 146 Å². The summed E-state index contributed by atoms with van der Waals surface area (Å²) in [7, 11) is 0. The fourth-order valence-corrected chi connectivity index (χ4v) is 5.43. The second kappa shape index (κ2) is 9.98. The lowest BCUT2D eigenvalue weighted by Gasteiger charge is -2.32. The Balaban J connectivity index is 1.27. The van der Waals surface area contributed by atoms with E-state index in [0.29, 0.717) is 17.5 Å². The van der Waals surface area contributed by atoms with Crippen molar-refractivity contribution in [2.24, 2.45) is 0 Å². The lowest BCUT2D eigenvalue weighted by atomic mass is 10.0. The number of para-hydroxylation sites is 4. The minimum absolute atomic E-state index is 0.636. The minimum atomic E-state index is 0.636. The first kappa shape index (κ1) is 24.0. The highest BCUT2D eigenvalue weighted by atomic mass is 16.5. The van der Waals surface area contributed by atoms with Crippen LogP contribution in [0.5, 0.6) is 11.5 Å². The van der Waals surface area contributed by atoms with Gasteiger partial charge in [-0.2, -0.15) is 0 Å². The second-order valence-electron chi connectivity index (χ2n) is 10.2. The number of ether oxygens (including phenoxy) is 1. The summed E-state index contributed by atoms with van der Waals surface area (Å²) in [4.78, 5) is 17.0. The van der Waals surface area contributed by atoms with E-state index in [1.54, 1.807) is 0 Å². The number of fused-ring (bicyclic) bond motifs is 3. The van der Waals surface area contributed by atoms with Gasteiger partial charge in [0.05, 0.1) is 11.4 Å². The molecule has 198 valence electrons. The van der Waals surface area contributed by atoms with Crippen LogP contribution in [-0.2, 0) is 0 Å². The monoisotopic (exact) mass is 540 g/mol. The van der Waals surface area contributed by atoms with Gasteiger partial charge in [0.15, 0.2) is 29.0 Å². The van der Waals surface area contributed by atoms with Gasteiger partial charge in [-0.15, -0.1) is 0 Å². The minimum Gasteiger partial charge on any atom is -0.453 e. The lowest BCUT2D eigenvalue weighted by Crippen LogP contribution is -2.15. The van der Waals surface area contributed by atoms with E-state index in [2.05, 4.69) is 53.4 Å². The number of nitrogens with zero attached hydrogens (tertiary/aromatic N) is 4. The van der Waals surface area contributed by atoms with Crippen molar-refractivity contribution in [1.82, 2.24) is 15.0 Å². The molecule has 0 saturated carbocycles. The SMILES string of the molecule is c1ccc(-c2nc(-c3ccccc3)nc(-c3ccc4ccc(N5c6ccccc6Oc6ccccc65)cc4c3)n2)cc1. The van der Waals surface area contributed by atoms with Crippen LogP contribution in [0.15, 0.2) is 146 Å². The Bertz CT molecular complexity index is 1970. The molecule has 6 aromatic carbocycles. The van der Waals surface area contributed by atoms with Crippen LogP contribution in [0.1, 0.15) is 0 Å². The molecular formula is C37H24N4O. The quantitative estimate of drug-likeness (QED) is 0.222. The largest absolute Gasteiger partial charge is 0.453 e. The second-order valence-corrected chi connectivity index (χ2v) is 10.2. The predicted molar refractivity (Wildman–Crippen MR) is 168 cm³/mol. The molecule has 5 heteroatoms.